The van der Waals surface area contributed by atoms with Gasteiger partial charge < -0.3 is 16.0 Å². The standard InChI is InChI=1S/C15H25N3O/c1-12(2)18(3)10-9-17-15(19)14(16)11-13-7-5-4-6-8-13/h4-8,12,14H,9-11,16H2,1-3H3,(H,17,19)/t14-/m0/s1. The molecule has 0 radical (unpaired) electrons. The molecule has 0 saturated carbocycles. The highest BCUT2D eigenvalue weighted by atomic mass is 16.2. The summed E-state index contributed by atoms with van der Waals surface area (Å²) in [4.78, 5) is 14.0. The molecule has 4 heteroatoms. The lowest BCUT2D eigenvalue weighted by atomic mass is 10.1. The first-order valence-electron chi connectivity index (χ1n) is 6.78. The predicted octanol–water partition coefficient (Wildman–Crippen LogP) is 1.01. The number of nitrogens with two attached hydrogens (primary N) is 1. The highest BCUT2D eigenvalue weighted by Gasteiger charge is 2.13. The number of hydrogen-bond acceptors (Lipinski definition) is 3. The van der Waals surface area contributed by atoms with Crippen LogP contribution in [0, 0.1) is 0 Å². The second-order valence-corrected chi connectivity index (χ2v) is 5.16. The van der Waals surface area contributed by atoms with Crippen molar-refractivity contribution < 1.29 is 4.79 Å². The molecule has 3 N–H and O–H groups in total. The highest BCUT2D eigenvalue weighted by molar-refractivity contribution is 5.81. The molecule has 0 unspecified atom stereocenters. The summed E-state index contributed by atoms with van der Waals surface area (Å²) >= 11 is 0. The molecule has 0 spiro atoms. The van der Waals surface area contributed by atoms with E-state index >= 15 is 0 Å². The summed E-state index contributed by atoms with van der Waals surface area (Å²) in [7, 11) is 2.04. The maximum absolute atomic E-state index is 11.8. The number of nitrogens with zero attached hydrogens (tertiary/aromatic N) is 1. The normalized spacial score (nSPS) is 12.7. The van der Waals surface area contributed by atoms with Crippen molar-refractivity contribution in [2.75, 3.05) is 20.1 Å². The van der Waals surface area contributed by atoms with E-state index < -0.39 is 6.04 Å². The van der Waals surface area contributed by atoms with Gasteiger partial charge in [-0.15, -0.1) is 0 Å². The number of benzene rings is 1. The van der Waals surface area contributed by atoms with E-state index in [1.54, 1.807) is 0 Å². The summed E-state index contributed by atoms with van der Waals surface area (Å²) in [6.07, 6.45) is 0.576. The number of nitrogens with one attached hydrogen (secondary N) is 1. The molecule has 0 heterocycles. The van der Waals surface area contributed by atoms with E-state index in [1.807, 2.05) is 37.4 Å². The fourth-order valence-electron chi connectivity index (χ4n) is 1.71. The molecule has 1 rings (SSSR count). The Hall–Kier alpha value is -1.39. The molecular weight excluding hydrogens is 238 g/mol. The molecule has 19 heavy (non-hydrogen) atoms. The Morgan fingerprint density at radius 1 is 1.32 bits per heavy atom. The van der Waals surface area contributed by atoms with Gasteiger partial charge in [-0.2, -0.15) is 0 Å². The Morgan fingerprint density at radius 2 is 1.95 bits per heavy atom. The van der Waals surface area contributed by atoms with Crippen LogP contribution in [0.4, 0.5) is 0 Å². The van der Waals surface area contributed by atoms with E-state index in [2.05, 4.69) is 24.1 Å². The molecule has 0 saturated heterocycles. The largest absolute Gasteiger partial charge is 0.353 e. The van der Waals surface area contributed by atoms with Crippen LogP contribution in [-0.2, 0) is 11.2 Å². The first-order valence-corrected chi connectivity index (χ1v) is 6.78. The van der Waals surface area contributed by atoms with E-state index in [-0.39, 0.29) is 5.91 Å². The molecule has 0 fully saturated rings. The van der Waals surface area contributed by atoms with Gasteiger partial charge in [0.25, 0.3) is 0 Å². The molecule has 0 aliphatic carbocycles. The number of hydrogen-bond donors (Lipinski definition) is 2. The number of carbonyl (C=O) groups is 1. The minimum absolute atomic E-state index is 0.0824. The van der Waals surface area contributed by atoms with Crippen molar-refractivity contribution >= 4 is 5.91 Å². The molecular formula is C15H25N3O. The van der Waals surface area contributed by atoms with E-state index in [1.165, 1.54) is 0 Å². The molecule has 106 valence electrons. The number of amides is 1. The topological polar surface area (TPSA) is 58.4 Å². The Bertz CT molecular complexity index is 378. The van der Waals surface area contributed by atoms with Gasteiger partial charge in [-0.25, -0.2) is 0 Å². The lowest BCUT2D eigenvalue weighted by Crippen LogP contribution is -2.44. The Kier molecular flexibility index (Phi) is 6.53. The van der Waals surface area contributed by atoms with Gasteiger partial charge in [-0.1, -0.05) is 30.3 Å². The molecule has 0 aliphatic heterocycles. The van der Waals surface area contributed by atoms with E-state index in [9.17, 15) is 4.79 Å². The molecule has 0 bridgehead atoms. The molecule has 0 aromatic heterocycles. The van der Waals surface area contributed by atoms with Crippen LogP contribution in [0.5, 0.6) is 0 Å². The second-order valence-electron chi connectivity index (χ2n) is 5.16. The molecule has 0 aliphatic rings. The fourth-order valence-corrected chi connectivity index (χ4v) is 1.71. The maximum atomic E-state index is 11.8. The first kappa shape index (κ1) is 15.7. The van der Waals surface area contributed by atoms with Crippen LogP contribution in [0.3, 0.4) is 0 Å². The third-order valence-electron chi connectivity index (χ3n) is 3.28. The van der Waals surface area contributed by atoms with E-state index in [4.69, 9.17) is 5.73 Å². The van der Waals surface area contributed by atoms with Crippen molar-refractivity contribution in [2.45, 2.75) is 32.4 Å². The summed E-state index contributed by atoms with van der Waals surface area (Å²) in [5.74, 6) is -0.0824. The highest BCUT2D eigenvalue weighted by Crippen LogP contribution is 2.01. The van der Waals surface area contributed by atoms with Crippen molar-refractivity contribution in [3.8, 4) is 0 Å². The molecule has 4 nitrogen and oxygen atoms in total. The monoisotopic (exact) mass is 263 g/mol. The predicted molar refractivity (Wildman–Crippen MR) is 78.9 cm³/mol. The summed E-state index contributed by atoms with van der Waals surface area (Å²) in [6, 6.07) is 9.84. The Morgan fingerprint density at radius 3 is 2.53 bits per heavy atom. The van der Waals surface area contributed by atoms with Gasteiger partial charge >= 0.3 is 0 Å². The molecule has 1 atom stereocenters. The van der Waals surface area contributed by atoms with Crippen LogP contribution in [-0.4, -0.2) is 43.0 Å². The van der Waals surface area contributed by atoms with Crippen LogP contribution in [0.1, 0.15) is 19.4 Å². The zero-order valence-corrected chi connectivity index (χ0v) is 12.1. The smallest absolute Gasteiger partial charge is 0.237 e. The average Bonchev–Trinajstić information content (AvgIpc) is 2.39. The third kappa shape index (κ3) is 5.85. The second kappa shape index (κ2) is 7.92. The average molecular weight is 263 g/mol. The lowest BCUT2D eigenvalue weighted by molar-refractivity contribution is -0.122. The van der Waals surface area contributed by atoms with Crippen LogP contribution in [0.2, 0.25) is 0 Å². The fraction of sp³-hybridized carbons (Fsp3) is 0.533. The van der Waals surface area contributed by atoms with Crippen LogP contribution in [0.15, 0.2) is 30.3 Å². The van der Waals surface area contributed by atoms with Crippen molar-refractivity contribution in [3.05, 3.63) is 35.9 Å². The molecule has 1 aromatic rings. The van der Waals surface area contributed by atoms with Crippen molar-refractivity contribution in [1.29, 1.82) is 0 Å². The van der Waals surface area contributed by atoms with Gasteiger partial charge in [0, 0.05) is 19.1 Å². The van der Waals surface area contributed by atoms with E-state index in [0.717, 1.165) is 12.1 Å². The molecule has 1 aromatic carbocycles. The summed E-state index contributed by atoms with van der Waals surface area (Å²) in [6.45, 7) is 5.73. The Balaban J connectivity index is 2.29. The molecule has 1 amide bonds. The van der Waals surface area contributed by atoms with Gasteiger partial charge in [0.2, 0.25) is 5.91 Å². The van der Waals surface area contributed by atoms with Gasteiger partial charge in [0.05, 0.1) is 6.04 Å². The van der Waals surface area contributed by atoms with Crippen molar-refractivity contribution in [3.63, 3.8) is 0 Å². The van der Waals surface area contributed by atoms with Crippen LogP contribution < -0.4 is 11.1 Å². The summed E-state index contributed by atoms with van der Waals surface area (Å²) < 4.78 is 0. The minimum Gasteiger partial charge on any atom is -0.353 e. The number of likely N-dealkylation sites (N-methyl/N-ethyl adjacent to an activating group) is 1. The minimum atomic E-state index is -0.480. The summed E-state index contributed by atoms with van der Waals surface area (Å²) in [5, 5.41) is 2.88. The van der Waals surface area contributed by atoms with Crippen LogP contribution >= 0.6 is 0 Å². The SMILES string of the molecule is CC(C)N(C)CCNC(=O)[C@@H](N)Cc1ccccc1. The quantitative estimate of drug-likeness (QED) is 0.772. The first-order chi connectivity index (χ1) is 9.00. The zero-order valence-electron chi connectivity index (χ0n) is 12.1. The van der Waals surface area contributed by atoms with Crippen molar-refractivity contribution in [2.24, 2.45) is 5.73 Å². The van der Waals surface area contributed by atoms with Crippen LogP contribution in [0.25, 0.3) is 0 Å². The zero-order chi connectivity index (χ0) is 14.3. The summed E-state index contributed by atoms with van der Waals surface area (Å²) in [5.41, 5.74) is 6.99. The maximum Gasteiger partial charge on any atom is 0.237 e. The van der Waals surface area contributed by atoms with Gasteiger partial charge in [0.15, 0.2) is 0 Å². The third-order valence-corrected chi connectivity index (χ3v) is 3.28. The van der Waals surface area contributed by atoms with Gasteiger partial charge in [-0.3, -0.25) is 4.79 Å². The van der Waals surface area contributed by atoms with Gasteiger partial charge in [-0.05, 0) is 32.9 Å². The lowest BCUT2D eigenvalue weighted by Gasteiger charge is -2.21. The van der Waals surface area contributed by atoms with Gasteiger partial charge in [0.1, 0.15) is 0 Å². The Labute approximate surface area is 116 Å². The number of rotatable bonds is 7. The van der Waals surface area contributed by atoms with E-state index in [0.29, 0.717) is 19.0 Å². The van der Waals surface area contributed by atoms with Crippen molar-refractivity contribution in [1.82, 2.24) is 10.2 Å². The number of carbonyl (C=O) groups excluding carboxylic acids is 1.